The van der Waals surface area contributed by atoms with Gasteiger partial charge in [-0.2, -0.15) is 0 Å². The van der Waals surface area contributed by atoms with E-state index in [1.54, 1.807) is 0 Å². The summed E-state index contributed by atoms with van der Waals surface area (Å²) >= 11 is 0. The normalized spacial score (nSPS) is 12.0. The minimum Gasteiger partial charge on any atom is -0.485 e. The standard InChI is InChI=1S/C11H7N3O7/c12-13-14-21-11(18)6-3-5(4-15)8-9(7(6)10(16)17)20-2-1-19-8/h3-4H,1-2H2,(H,16,17). The van der Waals surface area contributed by atoms with Gasteiger partial charge in [0.05, 0.1) is 11.1 Å². The number of nitrogens with zero attached hydrogens (tertiary/aromatic N) is 3. The number of carbonyl (C=O) groups excluding carboxylic acids is 2. The van der Waals surface area contributed by atoms with Crippen LogP contribution in [0.15, 0.2) is 11.3 Å². The van der Waals surface area contributed by atoms with E-state index < -0.39 is 23.1 Å². The van der Waals surface area contributed by atoms with Crippen LogP contribution in [-0.4, -0.2) is 36.5 Å². The summed E-state index contributed by atoms with van der Waals surface area (Å²) < 4.78 is 10.4. The first-order chi connectivity index (χ1) is 10.1. The van der Waals surface area contributed by atoms with Crippen molar-refractivity contribution in [3.05, 3.63) is 33.2 Å². The van der Waals surface area contributed by atoms with Crippen molar-refractivity contribution >= 4 is 18.2 Å². The van der Waals surface area contributed by atoms with Crippen LogP contribution >= 0.6 is 0 Å². The van der Waals surface area contributed by atoms with Gasteiger partial charge in [-0.25, -0.2) is 9.59 Å². The molecular weight excluding hydrogens is 286 g/mol. The molecule has 0 saturated heterocycles. The number of carboxylic acid groups (broad SMARTS) is 1. The number of aldehydes is 1. The highest BCUT2D eigenvalue weighted by Crippen LogP contribution is 2.39. The fraction of sp³-hybridized carbons (Fsp3) is 0.182. The fourth-order valence-corrected chi connectivity index (χ4v) is 1.80. The van der Waals surface area contributed by atoms with E-state index in [0.717, 1.165) is 6.07 Å². The summed E-state index contributed by atoms with van der Waals surface area (Å²) in [6, 6.07) is 0.971. The molecule has 0 fully saturated rings. The lowest BCUT2D eigenvalue weighted by molar-refractivity contribution is 0.0492. The Morgan fingerprint density at radius 3 is 2.62 bits per heavy atom. The maximum atomic E-state index is 11.7. The van der Waals surface area contributed by atoms with Gasteiger partial charge in [-0.1, -0.05) is 0 Å². The van der Waals surface area contributed by atoms with E-state index in [1.165, 1.54) is 0 Å². The lowest BCUT2D eigenvalue weighted by Crippen LogP contribution is -2.21. The fourth-order valence-electron chi connectivity index (χ4n) is 1.80. The van der Waals surface area contributed by atoms with Crippen LogP contribution in [0.25, 0.3) is 10.4 Å². The first-order valence-corrected chi connectivity index (χ1v) is 5.51. The van der Waals surface area contributed by atoms with Crippen LogP contribution in [0.5, 0.6) is 11.5 Å². The van der Waals surface area contributed by atoms with E-state index in [1.807, 2.05) is 0 Å². The zero-order valence-corrected chi connectivity index (χ0v) is 10.3. The SMILES string of the molecule is [N-]=[N+]=NOC(=O)c1cc(C=O)c2c(c1C(=O)O)OCCO2. The molecule has 0 aliphatic carbocycles. The lowest BCUT2D eigenvalue weighted by Gasteiger charge is -2.22. The molecule has 0 atom stereocenters. The second-order valence-electron chi connectivity index (χ2n) is 3.72. The molecule has 10 nitrogen and oxygen atoms in total. The maximum absolute atomic E-state index is 11.7. The average Bonchev–Trinajstić information content (AvgIpc) is 2.50. The Hall–Kier alpha value is -3.26. The van der Waals surface area contributed by atoms with Gasteiger partial charge in [-0.15, -0.1) is 0 Å². The summed E-state index contributed by atoms with van der Waals surface area (Å²) in [6.45, 7) is 0.190. The second kappa shape index (κ2) is 5.80. The molecule has 1 aromatic carbocycles. The van der Waals surface area contributed by atoms with Crippen LogP contribution in [-0.2, 0) is 4.84 Å². The minimum atomic E-state index is -1.48. The van der Waals surface area contributed by atoms with E-state index in [0.29, 0.717) is 6.29 Å². The predicted octanol–water partition coefficient (Wildman–Crippen LogP) is 1.35. The number of carbonyl (C=O) groups is 3. The summed E-state index contributed by atoms with van der Waals surface area (Å²) in [5, 5.41) is 11.8. The van der Waals surface area contributed by atoms with E-state index >= 15 is 0 Å². The Labute approximate surface area is 116 Å². The summed E-state index contributed by atoms with van der Waals surface area (Å²) in [7, 11) is 0. The molecule has 1 heterocycles. The quantitative estimate of drug-likeness (QED) is 0.289. The summed E-state index contributed by atoms with van der Waals surface area (Å²) in [5.41, 5.74) is 7.00. The Morgan fingerprint density at radius 1 is 1.38 bits per heavy atom. The van der Waals surface area contributed by atoms with Crippen LogP contribution in [0.2, 0.25) is 0 Å². The van der Waals surface area contributed by atoms with Gasteiger partial charge < -0.3 is 19.4 Å². The highest BCUT2D eigenvalue weighted by atomic mass is 16.7. The van der Waals surface area contributed by atoms with Crippen molar-refractivity contribution < 1.29 is 33.8 Å². The van der Waals surface area contributed by atoms with Gasteiger partial charge in [0.2, 0.25) is 0 Å². The van der Waals surface area contributed by atoms with Crippen molar-refractivity contribution in [2.45, 2.75) is 0 Å². The smallest absolute Gasteiger partial charge is 0.350 e. The van der Waals surface area contributed by atoms with Crippen LogP contribution in [0.3, 0.4) is 0 Å². The van der Waals surface area contributed by atoms with Crippen molar-refractivity contribution in [1.29, 1.82) is 0 Å². The molecule has 0 unspecified atom stereocenters. The first-order valence-electron chi connectivity index (χ1n) is 5.51. The van der Waals surface area contributed by atoms with E-state index in [9.17, 15) is 19.5 Å². The molecule has 0 amide bonds. The van der Waals surface area contributed by atoms with Gasteiger partial charge in [0.25, 0.3) is 0 Å². The van der Waals surface area contributed by atoms with Gasteiger partial charge in [-0.3, -0.25) is 4.79 Å². The number of fused-ring (bicyclic) bond motifs is 1. The van der Waals surface area contributed by atoms with Crippen LogP contribution in [0.4, 0.5) is 0 Å². The third kappa shape index (κ3) is 2.55. The third-order valence-electron chi connectivity index (χ3n) is 2.56. The summed E-state index contributed by atoms with van der Waals surface area (Å²) in [5.74, 6) is -3.02. The topological polar surface area (TPSA) is 148 Å². The van der Waals surface area contributed by atoms with Gasteiger partial charge in [0.15, 0.2) is 17.8 Å². The van der Waals surface area contributed by atoms with Crippen LogP contribution in [0.1, 0.15) is 31.1 Å². The van der Waals surface area contributed by atoms with Gasteiger partial charge in [0.1, 0.15) is 24.1 Å². The largest absolute Gasteiger partial charge is 0.485 e. The molecule has 10 heteroatoms. The Morgan fingerprint density at radius 2 is 2.05 bits per heavy atom. The van der Waals surface area contributed by atoms with Gasteiger partial charge >= 0.3 is 11.9 Å². The van der Waals surface area contributed by atoms with Gasteiger partial charge in [0, 0.05) is 4.91 Å². The molecule has 1 aliphatic rings. The molecular formula is C11H7N3O7. The number of carboxylic acids is 1. The average molecular weight is 293 g/mol. The Balaban J connectivity index is 2.68. The van der Waals surface area contributed by atoms with Crippen molar-refractivity contribution in [3.63, 3.8) is 0 Å². The van der Waals surface area contributed by atoms with Gasteiger partial charge in [-0.05, 0) is 11.6 Å². The third-order valence-corrected chi connectivity index (χ3v) is 2.56. The number of hydrogen-bond donors (Lipinski definition) is 1. The maximum Gasteiger partial charge on any atom is 0.350 e. The molecule has 1 aromatic rings. The number of ether oxygens (including phenoxy) is 2. The molecule has 108 valence electrons. The number of benzene rings is 1. The van der Waals surface area contributed by atoms with Crippen molar-refractivity contribution in [2.75, 3.05) is 13.2 Å². The number of aromatic carboxylic acids is 1. The zero-order valence-electron chi connectivity index (χ0n) is 10.3. The summed E-state index contributed by atoms with van der Waals surface area (Å²) in [6.07, 6.45) is 0.378. The van der Waals surface area contributed by atoms with Crippen molar-refractivity contribution in [2.24, 2.45) is 5.28 Å². The second-order valence-corrected chi connectivity index (χ2v) is 3.72. The Kier molecular flexibility index (Phi) is 3.91. The van der Waals surface area contributed by atoms with E-state index in [2.05, 4.69) is 15.0 Å². The molecule has 1 aliphatic heterocycles. The molecule has 0 saturated carbocycles. The number of hydrogen-bond acceptors (Lipinski definition) is 7. The highest BCUT2D eigenvalue weighted by Gasteiger charge is 2.30. The lowest BCUT2D eigenvalue weighted by atomic mass is 10.0. The number of rotatable bonds is 4. The number of azide groups is 1. The molecule has 0 aromatic heterocycles. The van der Waals surface area contributed by atoms with Crippen LogP contribution < -0.4 is 9.47 Å². The predicted molar refractivity (Wildman–Crippen MR) is 64.3 cm³/mol. The van der Waals surface area contributed by atoms with Crippen molar-refractivity contribution in [3.8, 4) is 11.5 Å². The van der Waals surface area contributed by atoms with Crippen molar-refractivity contribution in [1.82, 2.24) is 0 Å². The molecule has 2 rings (SSSR count). The zero-order chi connectivity index (χ0) is 15.4. The molecule has 0 spiro atoms. The van der Waals surface area contributed by atoms with E-state index in [-0.39, 0.29) is 30.3 Å². The first kappa shape index (κ1) is 14.2. The summed E-state index contributed by atoms with van der Waals surface area (Å²) in [4.78, 5) is 40.5. The van der Waals surface area contributed by atoms with Crippen LogP contribution in [0, 0.1) is 0 Å². The monoisotopic (exact) mass is 293 g/mol. The molecule has 0 bridgehead atoms. The molecule has 21 heavy (non-hydrogen) atoms. The highest BCUT2D eigenvalue weighted by molar-refractivity contribution is 6.07. The molecule has 0 radical (unpaired) electrons. The Bertz CT molecular complexity index is 679. The van der Waals surface area contributed by atoms with E-state index in [4.69, 9.17) is 15.0 Å². The molecule has 1 N–H and O–H groups in total. The minimum absolute atomic E-state index is 0.0560.